The summed E-state index contributed by atoms with van der Waals surface area (Å²) in [7, 11) is 0. The van der Waals surface area contributed by atoms with E-state index in [1.807, 2.05) is 0 Å². The summed E-state index contributed by atoms with van der Waals surface area (Å²) in [5.41, 5.74) is -0.925. The molecule has 0 aliphatic heterocycles. The van der Waals surface area contributed by atoms with Crippen LogP contribution in [-0.4, -0.2) is 15.6 Å². The summed E-state index contributed by atoms with van der Waals surface area (Å²) >= 11 is 0. The molecule has 110 valence electrons. The van der Waals surface area contributed by atoms with E-state index in [0.717, 1.165) is 18.2 Å². The van der Waals surface area contributed by atoms with E-state index < -0.39 is 23.3 Å². The van der Waals surface area contributed by atoms with Crippen LogP contribution in [0.3, 0.4) is 0 Å². The lowest BCUT2D eigenvalue weighted by Gasteiger charge is -2.09. The molecule has 0 fully saturated rings. The van der Waals surface area contributed by atoms with Crippen molar-refractivity contribution in [2.75, 3.05) is 0 Å². The van der Waals surface area contributed by atoms with Crippen molar-refractivity contribution in [1.29, 1.82) is 0 Å². The second-order valence-electron chi connectivity index (χ2n) is 4.38. The maximum Gasteiger partial charge on any atom is 0.416 e. The first kappa shape index (κ1) is 14.8. The van der Waals surface area contributed by atoms with Gasteiger partial charge in [0.05, 0.1) is 17.7 Å². The van der Waals surface area contributed by atoms with Crippen LogP contribution >= 0.6 is 0 Å². The molecule has 0 spiro atoms. The van der Waals surface area contributed by atoms with Gasteiger partial charge in [0.25, 0.3) is 5.56 Å². The maximum absolute atomic E-state index is 12.4. The van der Waals surface area contributed by atoms with Gasteiger partial charge < -0.3 is 9.67 Å². The van der Waals surface area contributed by atoms with Gasteiger partial charge in [0, 0.05) is 12.3 Å². The number of rotatable bonds is 3. The van der Waals surface area contributed by atoms with Crippen molar-refractivity contribution in [3.05, 3.63) is 69.6 Å². The van der Waals surface area contributed by atoms with E-state index in [2.05, 4.69) is 0 Å². The standard InChI is InChI=1S/C14H10F3NO3/c15-14(16,17)11-3-1-9(2-4-11)8-18-6-5-10(13(20)21)7-12(18)19/h1-7H,8H2,(H,20,21). The number of carboxylic acids is 1. The van der Waals surface area contributed by atoms with E-state index in [-0.39, 0.29) is 12.1 Å². The molecule has 0 saturated carbocycles. The molecule has 21 heavy (non-hydrogen) atoms. The number of hydrogen-bond donors (Lipinski definition) is 1. The van der Waals surface area contributed by atoms with Crippen LogP contribution < -0.4 is 5.56 Å². The Hall–Kier alpha value is -2.57. The smallest absolute Gasteiger partial charge is 0.416 e. The molecular formula is C14H10F3NO3. The normalized spacial score (nSPS) is 11.4. The molecule has 1 heterocycles. The van der Waals surface area contributed by atoms with Crippen LogP contribution in [0.25, 0.3) is 0 Å². The van der Waals surface area contributed by atoms with Crippen molar-refractivity contribution in [2.24, 2.45) is 0 Å². The van der Waals surface area contributed by atoms with Crippen LogP contribution in [0.15, 0.2) is 47.4 Å². The Labute approximate surface area is 117 Å². The first-order chi connectivity index (χ1) is 9.77. The highest BCUT2D eigenvalue weighted by atomic mass is 19.4. The third-order valence-corrected chi connectivity index (χ3v) is 2.88. The van der Waals surface area contributed by atoms with E-state index in [1.54, 1.807) is 0 Å². The third kappa shape index (κ3) is 3.50. The van der Waals surface area contributed by atoms with Crippen molar-refractivity contribution in [2.45, 2.75) is 12.7 Å². The number of alkyl halides is 3. The van der Waals surface area contributed by atoms with Gasteiger partial charge in [0.2, 0.25) is 0 Å². The molecule has 1 aromatic carbocycles. The highest BCUT2D eigenvalue weighted by molar-refractivity contribution is 5.87. The largest absolute Gasteiger partial charge is 0.478 e. The zero-order valence-electron chi connectivity index (χ0n) is 10.6. The maximum atomic E-state index is 12.4. The van der Waals surface area contributed by atoms with Gasteiger partial charge in [-0.3, -0.25) is 4.79 Å². The molecule has 7 heteroatoms. The lowest BCUT2D eigenvalue weighted by atomic mass is 10.1. The Balaban J connectivity index is 2.23. The minimum Gasteiger partial charge on any atom is -0.478 e. The summed E-state index contributed by atoms with van der Waals surface area (Å²) in [6.45, 7) is 0.0663. The molecule has 4 nitrogen and oxygen atoms in total. The van der Waals surface area contributed by atoms with E-state index in [4.69, 9.17) is 5.11 Å². The number of aromatic carboxylic acids is 1. The monoisotopic (exact) mass is 297 g/mol. The predicted molar refractivity (Wildman–Crippen MR) is 68.2 cm³/mol. The number of hydrogen-bond acceptors (Lipinski definition) is 2. The number of pyridine rings is 1. The van der Waals surface area contributed by atoms with Crippen LogP contribution in [0.5, 0.6) is 0 Å². The van der Waals surface area contributed by atoms with Gasteiger partial charge in [-0.05, 0) is 23.8 Å². The minimum atomic E-state index is -4.40. The van der Waals surface area contributed by atoms with Crippen molar-refractivity contribution >= 4 is 5.97 Å². The van der Waals surface area contributed by atoms with Crippen molar-refractivity contribution < 1.29 is 23.1 Å². The number of nitrogens with zero attached hydrogens (tertiary/aromatic N) is 1. The summed E-state index contributed by atoms with van der Waals surface area (Å²) in [6, 6.07) is 6.65. The molecule has 0 unspecified atom stereocenters. The molecule has 2 rings (SSSR count). The van der Waals surface area contributed by atoms with Gasteiger partial charge in [-0.2, -0.15) is 13.2 Å². The molecule has 0 aliphatic carbocycles. The predicted octanol–water partition coefficient (Wildman–Crippen LogP) is 2.61. The van der Waals surface area contributed by atoms with Crippen molar-refractivity contribution in [3.63, 3.8) is 0 Å². The summed E-state index contributed by atoms with van der Waals surface area (Å²) in [5, 5.41) is 8.74. The zero-order valence-corrected chi connectivity index (χ0v) is 10.6. The summed E-state index contributed by atoms with van der Waals surface area (Å²) in [5.74, 6) is -1.21. The molecule has 0 saturated heterocycles. The second-order valence-corrected chi connectivity index (χ2v) is 4.38. The van der Waals surface area contributed by atoms with E-state index in [9.17, 15) is 22.8 Å². The van der Waals surface area contributed by atoms with Crippen LogP contribution in [0, 0.1) is 0 Å². The Morgan fingerprint density at radius 1 is 1.14 bits per heavy atom. The topological polar surface area (TPSA) is 59.3 Å². The van der Waals surface area contributed by atoms with Crippen LogP contribution in [-0.2, 0) is 12.7 Å². The molecule has 0 bridgehead atoms. The van der Waals surface area contributed by atoms with Crippen molar-refractivity contribution in [1.82, 2.24) is 4.57 Å². The van der Waals surface area contributed by atoms with E-state index in [1.165, 1.54) is 29.0 Å². The number of carboxylic acid groups (broad SMARTS) is 1. The fourth-order valence-corrected chi connectivity index (χ4v) is 1.77. The lowest BCUT2D eigenvalue weighted by molar-refractivity contribution is -0.137. The van der Waals surface area contributed by atoms with Gasteiger partial charge in [-0.1, -0.05) is 12.1 Å². The minimum absolute atomic E-state index is 0.0663. The molecule has 1 aromatic heterocycles. The summed E-state index contributed by atoms with van der Waals surface area (Å²) in [6.07, 6.45) is -3.11. The van der Waals surface area contributed by atoms with E-state index in [0.29, 0.717) is 5.56 Å². The lowest BCUT2D eigenvalue weighted by Crippen LogP contribution is -2.20. The SMILES string of the molecule is O=C(O)c1ccn(Cc2ccc(C(F)(F)F)cc2)c(=O)c1. The average molecular weight is 297 g/mol. The first-order valence-electron chi connectivity index (χ1n) is 5.87. The number of halogens is 3. The van der Waals surface area contributed by atoms with Gasteiger partial charge in [-0.15, -0.1) is 0 Å². The number of carbonyl (C=O) groups is 1. The molecule has 0 radical (unpaired) electrons. The zero-order chi connectivity index (χ0) is 15.6. The fourth-order valence-electron chi connectivity index (χ4n) is 1.77. The van der Waals surface area contributed by atoms with Crippen LogP contribution in [0.2, 0.25) is 0 Å². The highest BCUT2D eigenvalue weighted by Gasteiger charge is 2.29. The first-order valence-corrected chi connectivity index (χ1v) is 5.87. The quantitative estimate of drug-likeness (QED) is 0.947. The van der Waals surface area contributed by atoms with Gasteiger partial charge in [0.15, 0.2) is 0 Å². The Bertz CT molecular complexity index is 717. The molecular weight excluding hydrogens is 287 g/mol. The molecule has 1 N–H and O–H groups in total. The van der Waals surface area contributed by atoms with E-state index >= 15 is 0 Å². The fraction of sp³-hybridized carbons (Fsp3) is 0.143. The number of aromatic nitrogens is 1. The Morgan fingerprint density at radius 3 is 2.24 bits per heavy atom. The second kappa shape index (κ2) is 5.43. The highest BCUT2D eigenvalue weighted by Crippen LogP contribution is 2.29. The van der Waals surface area contributed by atoms with Crippen molar-refractivity contribution in [3.8, 4) is 0 Å². The van der Waals surface area contributed by atoms with Gasteiger partial charge in [-0.25, -0.2) is 4.79 Å². The van der Waals surface area contributed by atoms with Crippen LogP contribution in [0.4, 0.5) is 13.2 Å². The van der Waals surface area contributed by atoms with Gasteiger partial charge in [0.1, 0.15) is 0 Å². The number of benzene rings is 1. The molecule has 0 amide bonds. The summed E-state index contributed by atoms with van der Waals surface area (Å²) < 4.78 is 38.5. The van der Waals surface area contributed by atoms with Crippen LogP contribution in [0.1, 0.15) is 21.5 Å². The molecule has 0 aliphatic rings. The summed E-state index contributed by atoms with van der Waals surface area (Å²) in [4.78, 5) is 22.4. The average Bonchev–Trinajstić information content (AvgIpc) is 2.40. The van der Waals surface area contributed by atoms with Gasteiger partial charge >= 0.3 is 12.1 Å². The Kier molecular flexibility index (Phi) is 3.84. The third-order valence-electron chi connectivity index (χ3n) is 2.88. The molecule has 0 atom stereocenters. The Morgan fingerprint density at radius 2 is 1.76 bits per heavy atom. The molecule has 2 aromatic rings.